The second-order valence-electron chi connectivity index (χ2n) is 9.53. The van der Waals surface area contributed by atoms with Gasteiger partial charge in [-0.2, -0.15) is 0 Å². The Kier molecular flexibility index (Phi) is 6.89. The third kappa shape index (κ3) is 5.18. The molecule has 0 atom stereocenters. The van der Waals surface area contributed by atoms with E-state index in [1.807, 2.05) is 11.3 Å². The van der Waals surface area contributed by atoms with Crippen LogP contribution in [0.15, 0.2) is 151 Å². The number of allylic oxidation sites excluding steroid dienone is 8. The molecule has 0 amide bonds. The van der Waals surface area contributed by atoms with Crippen molar-refractivity contribution in [3.8, 4) is 22.3 Å². The van der Waals surface area contributed by atoms with Gasteiger partial charge in [-0.05, 0) is 82.6 Å². The molecule has 0 saturated heterocycles. The monoisotopic (exact) mass is 507 g/mol. The van der Waals surface area contributed by atoms with Gasteiger partial charge in [0.1, 0.15) is 0 Å². The fourth-order valence-electron chi connectivity index (χ4n) is 4.87. The number of hydrogen-bond acceptors (Lipinski definition) is 2. The fourth-order valence-corrected chi connectivity index (χ4v) is 5.95. The van der Waals surface area contributed by atoms with Gasteiger partial charge >= 0.3 is 0 Å². The van der Waals surface area contributed by atoms with Crippen LogP contribution in [0.1, 0.15) is 12.8 Å². The molecule has 1 aromatic heterocycles. The Morgan fingerprint density at radius 3 is 2.29 bits per heavy atom. The first-order valence-electron chi connectivity index (χ1n) is 13.0. The van der Waals surface area contributed by atoms with Crippen LogP contribution in [0.3, 0.4) is 0 Å². The molecule has 0 saturated carbocycles. The van der Waals surface area contributed by atoms with E-state index in [4.69, 9.17) is 0 Å². The highest BCUT2D eigenvalue weighted by atomic mass is 32.1. The lowest BCUT2D eigenvalue weighted by molar-refractivity contribution is 0.998. The standard InChI is InChI=1S/C36H29NS/c1-26-12-6-4-2-3-5-7-13-31(26)25-37-32-17-11-16-29(23-32)27-14-10-15-28(22-27)30-20-21-36-34(24-30)33-18-8-9-19-35(33)38-36/h2-5,7-11,13-25,37H,1,6,12H2/b4-2-,5-3-,13-7-,31-25-. The van der Waals surface area contributed by atoms with Crippen LogP contribution < -0.4 is 5.32 Å². The molecule has 5 aromatic rings. The first-order valence-corrected chi connectivity index (χ1v) is 13.8. The van der Waals surface area contributed by atoms with Crippen molar-refractivity contribution < 1.29 is 0 Å². The Morgan fingerprint density at radius 1 is 0.658 bits per heavy atom. The van der Waals surface area contributed by atoms with Crippen LogP contribution in [-0.2, 0) is 0 Å². The summed E-state index contributed by atoms with van der Waals surface area (Å²) >= 11 is 1.86. The first kappa shape index (κ1) is 24.0. The van der Waals surface area contributed by atoms with Gasteiger partial charge in [0.05, 0.1) is 0 Å². The number of hydrogen-bond donors (Lipinski definition) is 1. The largest absolute Gasteiger partial charge is 0.361 e. The van der Waals surface area contributed by atoms with E-state index >= 15 is 0 Å². The SMILES string of the molecule is C=C1CC\C=C/C=C\C=C/C1=C/Nc1cccc(-c2cccc(-c3ccc4sc5ccccc5c4c3)c2)c1. The molecule has 4 aromatic carbocycles. The average molecular weight is 508 g/mol. The van der Waals surface area contributed by atoms with Gasteiger partial charge in [0, 0.05) is 32.1 Å². The van der Waals surface area contributed by atoms with Crippen molar-refractivity contribution in [2.45, 2.75) is 12.8 Å². The van der Waals surface area contributed by atoms with Gasteiger partial charge in [0.2, 0.25) is 0 Å². The van der Waals surface area contributed by atoms with Crippen molar-refractivity contribution in [2.75, 3.05) is 5.32 Å². The van der Waals surface area contributed by atoms with Crippen molar-refractivity contribution >= 4 is 37.2 Å². The zero-order valence-corrected chi connectivity index (χ0v) is 22.0. The van der Waals surface area contributed by atoms with Gasteiger partial charge in [-0.3, -0.25) is 0 Å². The summed E-state index contributed by atoms with van der Waals surface area (Å²) in [5.41, 5.74) is 8.17. The number of benzene rings is 4. The fraction of sp³-hybridized carbons (Fsp3) is 0.0556. The van der Waals surface area contributed by atoms with Crippen molar-refractivity contribution in [3.05, 3.63) is 151 Å². The summed E-state index contributed by atoms with van der Waals surface area (Å²) in [6.07, 6.45) is 16.6. The van der Waals surface area contributed by atoms with E-state index in [0.29, 0.717) is 0 Å². The van der Waals surface area contributed by atoms with Gasteiger partial charge in [0.25, 0.3) is 0 Å². The van der Waals surface area contributed by atoms with Crippen molar-refractivity contribution in [3.63, 3.8) is 0 Å². The Morgan fingerprint density at radius 2 is 1.39 bits per heavy atom. The van der Waals surface area contributed by atoms with Gasteiger partial charge in [-0.15, -0.1) is 11.3 Å². The molecule has 0 aliphatic heterocycles. The lowest BCUT2D eigenvalue weighted by Gasteiger charge is -2.10. The van der Waals surface area contributed by atoms with E-state index in [-0.39, 0.29) is 0 Å². The van der Waals surface area contributed by atoms with Crippen LogP contribution in [0, 0.1) is 0 Å². The summed E-state index contributed by atoms with van der Waals surface area (Å²) in [6, 6.07) is 32.9. The number of fused-ring (bicyclic) bond motifs is 3. The lowest BCUT2D eigenvalue weighted by atomic mass is 9.97. The molecule has 6 rings (SSSR count). The molecule has 0 bridgehead atoms. The van der Waals surface area contributed by atoms with Crippen molar-refractivity contribution in [1.82, 2.24) is 0 Å². The minimum absolute atomic E-state index is 0.946. The predicted molar refractivity (Wildman–Crippen MR) is 168 cm³/mol. The number of anilines is 1. The summed E-state index contributed by atoms with van der Waals surface area (Å²) in [4.78, 5) is 0. The summed E-state index contributed by atoms with van der Waals surface area (Å²) in [7, 11) is 0. The molecule has 1 heterocycles. The van der Waals surface area contributed by atoms with Crippen LogP contribution in [-0.4, -0.2) is 0 Å². The third-order valence-corrected chi connectivity index (χ3v) is 8.08. The predicted octanol–water partition coefficient (Wildman–Crippen LogP) is 10.7. The molecule has 0 spiro atoms. The summed E-state index contributed by atoms with van der Waals surface area (Å²) in [6.45, 7) is 4.30. The van der Waals surface area contributed by atoms with Crippen LogP contribution in [0.25, 0.3) is 42.4 Å². The maximum Gasteiger partial charge on any atom is 0.0386 e. The molecule has 1 aliphatic carbocycles. The number of nitrogens with one attached hydrogen (secondary N) is 1. The maximum atomic E-state index is 4.30. The average Bonchev–Trinajstić information content (AvgIpc) is 3.34. The topological polar surface area (TPSA) is 12.0 Å². The van der Waals surface area contributed by atoms with E-state index in [0.717, 1.165) is 29.7 Å². The number of rotatable bonds is 4. The van der Waals surface area contributed by atoms with Gasteiger partial charge in [0.15, 0.2) is 0 Å². The van der Waals surface area contributed by atoms with Gasteiger partial charge < -0.3 is 5.32 Å². The van der Waals surface area contributed by atoms with Gasteiger partial charge in [-0.25, -0.2) is 0 Å². The highest BCUT2D eigenvalue weighted by Gasteiger charge is 2.08. The summed E-state index contributed by atoms with van der Waals surface area (Å²) in [5.74, 6) is 0. The van der Waals surface area contributed by atoms with E-state index in [2.05, 4.69) is 146 Å². The van der Waals surface area contributed by atoms with Crippen LogP contribution in [0.4, 0.5) is 5.69 Å². The summed E-state index contributed by atoms with van der Waals surface area (Å²) < 4.78 is 2.67. The highest BCUT2D eigenvalue weighted by Crippen LogP contribution is 2.37. The summed E-state index contributed by atoms with van der Waals surface area (Å²) in [5, 5.41) is 6.17. The quantitative estimate of drug-likeness (QED) is 0.255. The minimum atomic E-state index is 0.946. The molecule has 1 N–H and O–H groups in total. The second kappa shape index (κ2) is 10.9. The third-order valence-electron chi connectivity index (χ3n) is 6.93. The molecular formula is C36H29NS. The zero-order chi connectivity index (χ0) is 25.7. The lowest BCUT2D eigenvalue weighted by Crippen LogP contribution is -1.94. The minimum Gasteiger partial charge on any atom is -0.361 e. The number of thiophene rings is 1. The Bertz CT molecular complexity index is 1760. The smallest absolute Gasteiger partial charge is 0.0386 e. The van der Waals surface area contributed by atoms with Crippen LogP contribution >= 0.6 is 11.3 Å². The Hall–Kier alpha value is -4.40. The Balaban J connectivity index is 1.28. The van der Waals surface area contributed by atoms with E-state index in [1.165, 1.54) is 42.4 Å². The van der Waals surface area contributed by atoms with Crippen molar-refractivity contribution in [1.29, 1.82) is 0 Å². The van der Waals surface area contributed by atoms with Crippen molar-refractivity contribution in [2.24, 2.45) is 0 Å². The second-order valence-corrected chi connectivity index (χ2v) is 10.6. The van der Waals surface area contributed by atoms with E-state index in [1.54, 1.807) is 0 Å². The highest BCUT2D eigenvalue weighted by molar-refractivity contribution is 7.25. The van der Waals surface area contributed by atoms with E-state index in [9.17, 15) is 0 Å². The molecule has 0 fully saturated rings. The van der Waals surface area contributed by atoms with Crippen LogP contribution in [0.2, 0.25) is 0 Å². The molecule has 0 unspecified atom stereocenters. The molecule has 38 heavy (non-hydrogen) atoms. The van der Waals surface area contributed by atoms with Crippen LogP contribution in [0.5, 0.6) is 0 Å². The molecular weight excluding hydrogens is 478 g/mol. The van der Waals surface area contributed by atoms with E-state index < -0.39 is 0 Å². The zero-order valence-electron chi connectivity index (χ0n) is 21.2. The maximum absolute atomic E-state index is 4.30. The Labute approximate surface area is 228 Å². The molecule has 184 valence electrons. The molecule has 1 nitrogen and oxygen atoms in total. The molecule has 1 aliphatic rings. The van der Waals surface area contributed by atoms with Gasteiger partial charge in [-0.1, -0.05) is 97.6 Å². The molecule has 2 heteroatoms. The molecule has 0 radical (unpaired) electrons. The normalized spacial score (nSPS) is 17.5. The first-order chi connectivity index (χ1) is 18.7.